The minimum Gasteiger partial charge on any atom is -0.397 e. The molecule has 0 heterocycles. The highest BCUT2D eigenvalue weighted by Gasteiger charge is 2.08. The Kier molecular flexibility index (Phi) is 6.29. The first kappa shape index (κ1) is 15.4. The Bertz CT molecular complexity index is 423. The van der Waals surface area contributed by atoms with Crippen LogP contribution in [0.25, 0.3) is 0 Å². The highest BCUT2D eigenvalue weighted by molar-refractivity contribution is 5.95. The van der Waals surface area contributed by atoms with Crippen LogP contribution in [0.1, 0.15) is 26.2 Å². The van der Waals surface area contributed by atoms with Crippen molar-refractivity contribution in [3.8, 4) is 0 Å². The van der Waals surface area contributed by atoms with Gasteiger partial charge in [0.2, 0.25) is 5.91 Å². The Hall–Kier alpha value is -1.62. The van der Waals surface area contributed by atoms with Crippen molar-refractivity contribution in [1.82, 2.24) is 4.90 Å². The maximum atomic E-state index is 12.9. The van der Waals surface area contributed by atoms with Crippen LogP contribution >= 0.6 is 0 Å². The summed E-state index contributed by atoms with van der Waals surface area (Å²) in [4.78, 5) is 13.8. The summed E-state index contributed by atoms with van der Waals surface area (Å²) in [6.07, 6.45) is 3.40. The number of carbonyl (C=O) groups excluding carboxylic acids is 1. The molecular formula is C14H22FN3O. The van der Waals surface area contributed by atoms with Gasteiger partial charge in [0.05, 0.1) is 17.9 Å². The van der Waals surface area contributed by atoms with Gasteiger partial charge in [0.25, 0.3) is 0 Å². The summed E-state index contributed by atoms with van der Waals surface area (Å²) < 4.78 is 12.9. The van der Waals surface area contributed by atoms with Crippen molar-refractivity contribution in [2.45, 2.75) is 26.2 Å². The van der Waals surface area contributed by atoms with Crippen LogP contribution in [0.4, 0.5) is 15.8 Å². The number of anilines is 2. The molecule has 0 aromatic heterocycles. The van der Waals surface area contributed by atoms with Gasteiger partial charge in [0.1, 0.15) is 5.82 Å². The van der Waals surface area contributed by atoms with Gasteiger partial charge in [-0.1, -0.05) is 19.8 Å². The van der Waals surface area contributed by atoms with Crippen molar-refractivity contribution in [1.29, 1.82) is 0 Å². The molecule has 0 aliphatic carbocycles. The molecule has 106 valence electrons. The fourth-order valence-corrected chi connectivity index (χ4v) is 1.79. The van der Waals surface area contributed by atoms with Crippen LogP contribution < -0.4 is 11.1 Å². The molecule has 0 saturated heterocycles. The van der Waals surface area contributed by atoms with E-state index in [1.54, 1.807) is 0 Å². The smallest absolute Gasteiger partial charge is 0.238 e. The van der Waals surface area contributed by atoms with Crippen LogP contribution in [-0.4, -0.2) is 30.9 Å². The topological polar surface area (TPSA) is 58.4 Å². The number of nitrogens with two attached hydrogens (primary N) is 1. The molecule has 1 amide bonds. The van der Waals surface area contributed by atoms with E-state index >= 15 is 0 Å². The van der Waals surface area contributed by atoms with E-state index in [9.17, 15) is 9.18 Å². The van der Waals surface area contributed by atoms with Crippen molar-refractivity contribution < 1.29 is 9.18 Å². The van der Waals surface area contributed by atoms with Crippen LogP contribution in [0.5, 0.6) is 0 Å². The summed E-state index contributed by atoms with van der Waals surface area (Å²) in [5, 5.41) is 2.69. The highest BCUT2D eigenvalue weighted by atomic mass is 19.1. The molecule has 5 heteroatoms. The number of unbranched alkanes of at least 4 members (excludes halogenated alkanes) is 2. The van der Waals surface area contributed by atoms with E-state index in [0.29, 0.717) is 12.2 Å². The monoisotopic (exact) mass is 267 g/mol. The van der Waals surface area contributed by atoms with Crippen LogP contribution in [0.2, 0.25) is 0 Å². The summed E-state index contributed by atoms with van der Waals surface area (Å²) in [5.74, 6) is -0.551. The Morgan fingerprint density at radius 1 is 1.42 bits per heavy atom. The number of nitrogens with zero attached hydrogens (tertiary/aromatic N) is 1. The van der Waals surface area contributed by atoms with E-state index in [2.05, 4.69) is 12.2 Å². The normalized spacial score (nSPS) is 10.7. The molecule has 3 N–H and O–H groups in total. The standard InChI is InChI=1S/C14H22FN3O/c1-3-4-5-8-18(2)10-14(19)17-13-7-6-11(15)9-12(13)16/h6-7,9H,3-5,8,10,16H2,1-2H3,(H,17,19). The Balaban J connectivity index is 2.42. The largest absolute Gasteiger partial charge is 0.397 e. The number of nitrogens with one attached hydrogen (secondary N) is 1. The molecule has 0 aliphatic heterocycles. The zero-order valence-corrected chi connectivity index (χ0v) is 11.6. The number of carbonyl (C=O) groups is 1. The summed E-state index contributed by atoms with van der Waals surface area (Å²) in [7, 11) is 1.91. The number of benzene rings is 1. The number of likely N-dealkylation sites (N-methyl/N-ethyl adjacent to an activating group) is 1. The molecule has 0 fully saturated rings. The Morgan fingerprint density at radius 3 is 2.79 bits per heavy atom. The van der Waals surface area contributed by atoms with Crippen LogP contribution in [0.15, 0.2) is 18.2 Å². The van der Waals surface area contributed by atoms with Gasteiger partial charge in [-0.2, -0.15) is 0 Å². The van der Waals surface area contributed by atoms with E-state index in [-0.39, 0.29) is 11.6 Å². The number of halogens is 1. The molecule has 0 unspecified atom stereocenters. The molecule has 0 bridgehead atoms. The molecule has 19 heavy (non-hydrogen) atoms. The number of nitrogen functional groups attached to an aromatic ring is 1. The van der Waals surface area contributed by atoms with Crippen molar-refractivity contribution in [2.75, 3.05) is 31.2 Å². The lowest BCUT2D eigenvalue weighted by atomic mass is 10.2. The Morgan fingerprint density at radius 2 is 2.16 bits per heavy atom. The van der Waals surface area contributed by atoms with Gasteiger partial charge < -0.3 is 11.1 Å². The first-order valence-electron chi connectivity index (χ1n) is 6.56. The van der Waals surface area contributed by atoms with Gasteiger partial charge in [0, 0.05) is 0 Å². The van der Waals surface area contributed by atoms with Crippen LogP contribution in [0, 0.1) is 5.82 Å². The van der Waals surface area contributed by atoms with Gasteiger partial charge >= 0.3 is 0 Å². The van der Waals surface area contributed by atoms with Crippen molar-refractivity contribution in [2.24, 2.45) is 0 Å². The molecule has 1 rings (SSSR count). The van der Waals surface area contributed by atoms with Gasteiger partial charge in [-0.05, 0) is 38.2 Å². The second kappa shape index (κ2) is 7.74. The molecule has 0 aliphatic rings. The minimum absolute atomic E-state index is 0.141. The molecule has 0 radical (unpaired) electrons. The third-order valence-corrected chi connectivity index (χ3v) is 2.84. The maximum Gasteiger partial charge on any atom is 0.238 e. The van der Waals surface area contributed by atoms with E-state index < -0.39 is 5.82 Å². The molecule has 1 aromatic carbocycles. The van der Waals surface area contributed by atoms with Crippen LogP contribution in [0.3, 0.4) is 0 Å². The van der Waals surface area contributed by atoms with E-state index in [4.69, 9.17) is 5.73 Å². The van der Waals surface area contributed by atoms with Gasteiger partial charge in [-0.25, -0.2) is 4.39 Å². The van der Waals surface area contributed by atoms with Crippen molar-refractivity contribution >= 4 is 17.3 Å². The quantitative estimate of drug-likeness (QED) is 0.589. The zero-order valence-electron chi connectivity index (χ0n) is 11.6. The molecule has 4 nitrogen and oxygen atoms in total. The summed E-state index contributed by atoms with van der Waals surface area (Å²) in [5.41, 5.74) is 6.32. The first-order valence-corrected chi connectivity index (χ1v) is 6.56. The highest BCUT2D eigenvalue weighted by Crippen LogP contribution is 2.18. The summed E-state index contributed by atoms with van der Waals surface area (Å²) in [6.45, 7) is 3.34. The van der Waals surface area contributed by atoms with E-state index in [1.807, 2.05) is 11.9 Å². The lowest BCUT2D eigenvalue weighted by molar-refractivity contribution is -0.117. The van der Waals surface area contributed by atoms with Crippen molar-refractivity contribution in [3.63, 3.8) is 0 Å². The average Bonchev–Trinajstić information content (AvgIpc) is 2.33. The molecule has 0 atom stereocenters. The minimum atomic E-state index is -0.410. The zero-order chi connectivity index (χ0) is 14.3. The van der Waals surface area contributed by atoms with Crippen molar-refractivity contribution in [3.05, 3.63) is 24.0 Å². The fourth-order valence-electron chi connectivity index (χ4n) is 1.79. The second-order valence-corrected chi connectivity index (χ2v) is 4.72. The number of hydrogen-bond donors (Lipinski definition) is 2. The SMILES string of the molecule is CCCCCN(C)CC(=O)Nc1ccc(F)cc1N. The molecule has 0 spiro atoms. The molecule has 0 saturated carbocycles. The Labute approximate surface area is 113 Å². The van der Waals surface area contributed by atoms with Gasteiger partial charge in [-0.15, -0.1) is 0 Å². The number of rotatable bonds is 7. The number of amides is 1. The summed E-state index contributed by atoms with van der Waals surface area (Å²) >= 11 is 0. The van der Waals surface area contributed by atoms with Gasteiger partial charge in [0.15, 0.2) is 0 Å². The van der Waals surface area contributed by atoms with E-state index in [1.165, 1.54) is 18.2 Å². The average molecular weight is 267 g/mol. The third-order valence-electron chi connectivity index (χ3n) is 2.84. The summed E-state index contributed by atoms with van der Waals surface area (Å²) in [6, 6.07) is 3.94. The fraction of sp³-hybridized carbons (Fsp3) is 0.500. The molecule has 1 aromatic rings. The lowest BCUT2D eigenvalue weighted by Crippen LogP contribution is -2.31. The lowest BCUT2D eigenvalue weighted by Gasteiger charge is -2.16. The van der Waals surface area contributed by atoms with Crippen LogP contribution in [-0.2, 0) is 4.79 Å². The molecular weight excluding hydrogens is 245 g/mol. The van der Waals surface area contributed by atoms with Gasteiger partial charge in [-0.3, -0.25) is 9.69 Å². The number of hydrogen-bond acceptors (Lipinski definition) is 3. The van der Waals surface area contributed by atoms with E-state index in [0.717, 1.165) is 25.8 Å². The second-order valence-electron chi connectivity index (χ2n) is 4.72. The third kappa shape index (κ3) is 5.70. The predicted octanol–water partition coefficient (Wildman–Crippen LogP) is 2.47. The maximum absolute atomic E-state index is 12.9. The first-order chi connectivity index (χ1) is 9.02. The predicted molar refractivity (Wildman–Crippen MR) is 76.5 cm³/mol.